The number of carbonyl (C=O) groups excluding carboxylic acids is 1. The summed E-state index contributed by atoms with van der Waals surface area (Å²) in [6, 6.07) is 18.8. The normalized spacial score (nSPS) is 11.2. The topological polar surface area (TPSA) is 73.1 Å². The molecule has 1 amide bonds. The molecule has 3 aromatic carbocycles. The summed E-state index contributed by atoms with van der Waals surface area (Å²) in [6.07, 6.45) is 1.50. The van der Waals surface area contributed by atoms with Gasteiger partial charge in [-0.15, -0.1) is 0 Å². The number of furan rings is 1. The van der Waals surface area contributed by atoms with Gasteiger partial charge in [-0.2, -0.15) is 5.10 Å². The van der Waals surface area contributed by atoms with Crippen LogP contribution >= 0.6 is 0 Å². The molecule has 6 nitrogen and oxygen atoms in total. The lowest BCUT2D eigenvalue weighted by Crippen LogP contribution is -2.16. The summed E-state index contributed by atoms with van der Waals surface area (Å²) in [5, 5.41) is 7.03. The van der Waals surface area contributed by atoms with Crippen LogP contribution in [0.5, 0.6) is 11.5 Å². The van der Waals surface area contributed by atoms with Crippen LogP contribution in [-0.2, 0) is 0 Å². The number of rotatable bonds is 5. The van der Waals surface area contributed by atoms with Crippen molar-refractivity contribution in [1.82, 2.24) is 5.43 Å². The van der Waals surface area contributed by atoms with E-state index in [2.05, 4.69) is 10.5 Å². The molecule has 0 saturated carbocycles. The van der Waals surface area contributed by atoms with E-state index in [0.717, 1.165) is 16.2 Å². The Kier molecular flexibility index (Phi) is 4.68. The van der Waals surface area contributed by atoms with Gasteiger partial charge < -0.3 is 13.9 Å². The highest BCUT2D eigenvalue weighted by Gasteiger charge is 2.13. The molecular weight excluding hydrogens is 356 g/mol. The average Bonchev–Trinajstić information content (AvgIpc) is 3.18. The smallest absolute Gasteiger partial charge is 0.307 e. The molecule has 0 saturated heterocycles. The van der Waals surface area contributed by atoms with Crippen LogP contribution in [0.4, 0.5) is 0 Å². The van der Waals surface area contributed by atoms with Crippen molar-refractivity contribution in [2.24, 2.45) is 5.10 Å². The Balaban J connectivity index is 1.57. The molecule has 4 rings (SSSR count). The fraction of sp³-hybridized carbons (Fsp3) is 0.0909. The summed E-state index contributed by atoms with van der Waals surface area (Å²) in [5.41, 5.74) is 3.82. The maximum absolute atomic E-state index is 12.4. The number of benzene rings is 3. The van der Waals surface area contributed by atoms with Crippen LogP contribution in [0, 0.1) is 0 Å². The third-order valence-electron chi connectivity index (χ3n) is 4.46. The van der Waals surface area contributed by atoms with Gasteiger partial charge >= 0.3 is 5.91 Å². The minimum Gasteiger partial charge on any atom is -0.497 e. The standard InChI is InChI=1S/C22H18N2O4/c1-26-16-8-10-19(27-2)15(11-16)13-23-24-22(25)21-12-18-17-6-4-3-5-14(17)7-9-20(18)28-21/h3-13H,1-2H3,(H,24,25)/b23-13+. The molecule has 0 atom stereocenters. The molecule has 4 aromatic rings. The van der Waals surface area contributed by atoms with Crippen molar-refractivity contribution in [2.75, 3.05) is 14.2 Å². The molecular formula is C22H18N2O4. The number of ether oxygens (including phenoxy) is 2. The fourth-order valence-corrected chi connectivity index (χ4v) is 3.06. The number of nitrogens with zero attached hydrogens (tertiary/aromatic N) is 1. The molecule has 0 aliphatic heterocycles. The number of fused-ring (bicyclic) bond motifs is 3. The molecule has 6 heteroatoms. The SMILES string of the molecule is COc1ccc(OC)c(/C=N/NC(=O)c2cc3c(ccc4ccccc43)o2)c1. The Morgan fingerprint density at radius 2 is 1.86 bits per heavy atom. The highest BCUT2D eigenvalue weighted by atomic mass is 16.5. The Morgan fingerprint density at radius 1 is 1.00 bits per heavy atom. The number of hydrazone groups is 1. The van der Waals surface area contributed by atoms with Gasteiger partial charge in [0.1, 0.15) is 17.1 Å². The zero-order valence-electron chi connectivity index (χ0n) is 15.4. The van der Waals surface area contributed by atoms with E-state index in [4.69, 9.17) is 13.9 Å². The Labute approximate surface area is 161 Å². The summed E-state index contributed by atoms with van der Waals surface area (Å²) in [4.78, 5) is 12.4. The van der Waals surface area contributed by atoms with Crippen molar-refractivity contribution < 1.29 is 18.7 Å². The molecule has 1 N–H and O–H groups in total. The lowest BCUT2D eigenvalue weighted by molar-refractivity contribution is 0.0929. The van der Waals surface area contributed by atoms with E-state index in [0.29, 0.717) is 22.6 Å². The molecule has 0 radical (unpaired) electrons. The molecule has 0 fully saturated rings. The van der Waals surface area contributed by atoms with E-state index in [1.54, 1.807) is 38.5 Å². The van der Waals surface area contributed by atoms with Gasteiger partial charge in [0, 0.05) is 10.9 Å². The Morgan fingerprint density at radius 3 is 2.68 bits per heavy atom. The summed E-state index contributed by atoms with van der Waals surface area (Å²) in [5.74, 6) is 1.05. The van der Waals surface area contributed by atoms with E-state index in [-0.39, 0.29) is 5.76 Å². The van der Waals surface area contributed by atoms with E-state index >= 15 is 0 Å². The average molecular weight is 374 g/mol. The molecule has 0 aliphatic rings. The minimum atomic E-state index is -0.432. The highest BCUT2D eigenvalue weighted by molar-refractivity contribution is 6.08. The summed E-state index contributed by atoms with van der Waals surface area (Å²) in [6.45, 7) is 0. The van der Waals surface area contributed by atoms with Gasteiger partial charge in [0.05, 0.1) is 20.4 Å². The third kappa shape index (κ3) is 3.27. The second-order valence-electron chi connectivity index (χ2n) is 6.12. The first-order valence-electron chi connectivity index (χ1n) is 8.66. The number of amides is 1. The van der Waals surface area contributed by atoms with E-state index in [1.807, 2.05) is 36.4 Å². The second-order valence-corrected chi connectivity index (χ2v) is 6.12. The van der Waals surface area contributed by atoms with Gasteiger partial charge in [0.2, 0.25) is 0 Å². The Hall–Kier alpha value is -3.80. The van der Waals surface area contributed by atoms with Crippen LogP contribution in [0.3, 0.4) is 0 Å². The molecule has 1 aromatic heterocycles. The first kappa shape index (κ1) is 17.6. The lowest BCUT2D eigenvalue weighted by atomic mass is 10.1. The number of methoxy groups -OCH3 is 2. The van der Waals surface area contributed by atoms with Crippen molar-refractivity contribution in [3.63, 3.8) is 0 Å². The van der Waals surface area contributed by atoms with Crippen molar-refractivity contribution >= 4 is 33.9 Å². The van der Waals surface area contributed by atoms with Crippen LogP contribution in [0.25, 0.3) is 21.7 Å². The van der Waals surface area contributed by atoms with E-state index in [9.17, 15) is 4.79 Å². The maximum Gasteiger partial charge on any atom is 0.307 e. The predicted molar refractivity (Wildman–Crippen MR) is 108 cm³/mol. The zero-order chi connectivity index (χ0) is 19.5. The van der Waals surface area contributed by atoms with Gasteiger partial charge in [-0.05, 0) is 41.1 Å². The molecule has 0 unspecified atom stereocenters. The van der Waals surface area contributed by atoms with Crippen molar-refractivity contribution in [2.45, 2.75) is 0 Å². The Bertz CT molecular complexity index is 1190. The second kappa shape index (κ2) is 7.44. The van der Waals surface area contributed by atoms with Crippen molar-refractivity contribution in [3.8, 4) is 11.5 Å². The van der Waals surface area contributed by atoms with Crippen LogP contribution in [0.1, 0.15) is 16.1 Å². The molecule has 0 aliphatic carbocycles. The van der Waals surface area contributed by atoms with Crippen LogP contribution in [0.15, 0.2) is 70.2 Å². The summed E-state index contributed by atoms with van der Waals surface area (Å²) < 4.78 is 16.2. The third-order valence-corrected chi connectivity index (χ3v) is 4.46. The number of hydrogen-bond acceptors (Lipinski definition) is 5. The van der Waals surface area contributed by atoms with Gasteiger partial charge in [0.15, 0.2) is 5.76 Å². The lowest BCUT2D eigenvalue weighted by Gasteiger charge is -2.06. The molecule has 1 heterocycles. The van der Waals surface area contributed by atoms with Crippen molar-refractivity contribution in [3.05, 3.63) is 72.0 Å². The summed E-state index contributed by atoms with van der Waals surface area (Å²) in [7, 11) is 3.15. The molecule has 28 heavy (non-hydrogen) atoms. The zero-order valence-corrected chi connectivity index (χ0v) is 15.4. The molecule has 140 valence electrons. The number of hydrogen-bond donors (Lipinski definition) is 1. The largest absolute Gasteiger partial charge is 0.497 e. The van der Waals surface area contributed by atoms with Crippen LogP contribution in [-0.4, -0.2) is 26.3 Å². The van der Waals surface area contributed by atoms with Gasteiger partial charge in [-0.3, -0.25) is 4.79 Å². The predicted octanol–water partition coefficient (Wildman–Crippen LogP) is 4.37. The molecule has 0 spiro atoms. The number of nitrogens with one attached hydrogen (secondary N) is 1. The quantitative estimate of drug-likeness (QED) is 0.416. The highest BCUT2D eigenvalue weighted by Crippen LogP contribution is 2.28. The monoisotopic (exact) mass is 374 g/mol. The first-order chi connectivity index (χ1) is 13.7. The van der Waals surface area contributed by atoms with Gasteiger partial charge in [-0.25, -0.2) is 5.43 Å². The minimum absolute atomic E-state index is 0.195. The van der Waals surface area contributed by atoms with Gasteiger partial charge in [0.25, 0.3) is 0 Å². The summed E-state index contributed by atoms with van der Waals surface area (Å²) >= 11 is 0. The van der Waals surface area contributed by atoms with Crippen molar-refractivity contribution in [1.29, 1.82) is 0 Å². The maximum atomic E-state index is 12.4. The van der Waals surface area contributed by atoms with Crippen LogP contribution in [0.2, 0.25) is 0 Å². The number of carbonyl (C=O) groups is 1. The fourth-order valence-electron chi connectivity index (χ4n) is 3.06. The van der Waals surface area contributed by atoms with Crippen LogP contribution < -0.4 is 14.9 Å². The van der Waals surface area contributed by atoms with E-state index in [1.165, 1.54) is 6.21 Å². The van der Waals surface area contributed by atoms with Gasteiger partial charge in [-0.1, -0.05) is 30.3 Å². The van der Waals surface area contributed by atoms with E-state index < -0.39 is 5.91 Å². The molecule has 0 bridgehead atoms. The first-order valence-corrected chi connectivity index (χ1v) is 8.66.